The standard InChI is InChI=1S/C16H12F3N5OS/c1-9-13(26-14(23-9)11-4-3-5-20-6-11)10(2)24-25-15-21-7-12(8-22-15)16(17,18)19/h3-8H,1-2H3. The summed E-state index contributed by atoms with van der Waals surface area (Å²) in [6.45, 7) is 3.54. The fourth-order valence-electron chi connectivity index (χ4n) is 2.01. The van der Waals surface area contributed by atoms with E-state index in [0.29, 0.717) is 18.1 Å². The molecule has 3 rings (SSSR count). The smallest absolute Gasteiger partial charge is 0.315 e. The molecular weight excluding hydrogens is 367 g/mol. The minimum Gasteiger partial charge on any atom is -0.315 e. The van der Waals surface area contributed by atoms with Gasteiger partial charge in [-0.05, 0) is 26.0 Å². The molecule has 0 saturated heterocycles. The van der Waals surface area contributed by atoms with Crippen LogP contribution in [0.3, 0.4) is 0 Å². The van der Waals surface area contributed by atoms with Crippen molar-refractivity contribution in [2.45, 2.75) is 20.0 Å². The third kappa shape index (κ3) is 4.02. The number of pyridine rings is 1. The fraction of sp³-hybridized carbons (Fsp3) is 0.188. The lowest BCUT2D eigenvalue weighted by Gasteiger charge is -2.05. The molecule has 0 unspecified atom stereocenters. The number of nitrogens with zero attached hydrogens (tertiary/aromatic N) is 5. The Morgan fingerprint density at radius 2 is 1.92 bits per heavy atom. The lowest BCUT2D eigenvalue weighted by Crippen LogP contribution is -2.07. The molecular formula is C16H12F3N5OS. The van der Waals surface area contributed by atoms with Gasteiger partial charge in [-0.2, -0.15) is 13.2 Å². The van der Waals surface area contributed by atoms with E-state index in [0.717, 1.165) is 21.1 Å². The number of rotatable bonds is 4. The molecule has 0 aliphatic carbocycles. The summed E-state index contributed by atoms with van der Waals surface area (Å²) in [6, 6.07) is 3.44. The molecule has 3 aromatic rings. The Bertz CT molecular complexity index is 923. The molecule has 0 aliphatic rings. The molecule has 0 fully saturated rings. The van der Waals surface area contributed by atoms with E-state index in [9.17, 15) is 13.2 Å². The maximum atomic E-state index is 12.5. The van der Waals surface area contributed by atoms with Crippen molar-refractivity contribution in [2.24, 2.45) is 5.16 Å². The van der Waals surface area contributed by atoms with Crippen LogP contribution in [0.15, 0.2) is 42.1 Å². The molecule has 0 N–H and O–H groups in total. The van der Waals surface area contributed by atoms with E-state index in [1.165, 1.54) is 11.3 Å². The minimum absolute atomic E-state index is 0.271. The van der Waals surface area contributed by atoms with Gasteiger partial charge in [-0.3, -0.25) is 4.98 Å². The molecule has 0 atom stereocenters. The van der Waals surface area contributed by atoms with E-state index in [1.54, 1.807) is 19.3 Å². The summed E-state index contributed by atoms with van der Waals surface area (Å²) in [6.07, 6.45) is 0.175. The lowest BCUT2D eigenvalue weighted by atomic mass is 10.3. The summed E-state index contributed by atoms with van der Waals surface area (Å²) in [7, 11) is 0. The van der Waals surface area contributed by atoms with E-state index < -0.39 is 11.7 Å². The molecule has 134 valence electrons. The van der Waals surface area contributed by atoms with E-state index in [-0.39, 0.29) is 6.01 Å². The number of oxime groups is 1. The predicted octanol–water partition coefficient (Wildman–Crippen LogP) is 4.13. The van der Waals surface area contributed by atoms with Gasteiger partial charge in [-0.25, -0.2) is 15.0 Å². The van der Waals surface area contributed by atoms with Crippen LogP contribution in [0.1, 0.15) is 23.1 Å². The van der Waals surface area contributed by atoms with Crippen LogP contribution < -0.4 is 4.84 Å². The summed E-state index contributed by atoms with van der Waals surface area (Å²) >= 11 is 1.41. The van der Waals surface area contributed by atoms with E-state index in [4.69, 9.17) is 4.84 Å². The highest BCUT2D eigenvalue weighted by atomic mass is 32.1. The van der Waals surface area contributed by atoms with Gasteiger partial charge >= 0.3 is 12.2 Å². The van der Waals surface area contributed by atoms with Crippen LogP contribution in [0, 0.1) is 6.92 Å². The van der Waals surface area contributed by atoms with Gasteiger partial charge < -0.3 is 4.84 Å². The SMILES string of the molecule is CC(=NOc1ncc(C(F)(F)F)cn1)c1sc(-c2cccnc2)nc1C. The van der Waals surface area contributed by atoms with Gasteiger partial charge in [-0.1, -0.05) is 5.16 Å². The normalized spacial score (nSPS) is 12.3. The predicted molar refractivity (Wildman–Crippen MR) is 90.0 cm³/mol. The quantitative estimate of drug-likeness (QED) is 0.503. The molecule has 6 nitrogen and oxygen atoms in total. The van der Waals surface area contributed by atoms with Crippen molar-refractivity contribution < 1.29 is 18.0 Å². The number of alkyl halides is 3. The van der Waals surface area contributed by atoms with Crippen LogP contribution in [-0.4, -0.2) is 25.6 Å². The van der Waals surface area contributed by atoms with Gasteiger partial charge in [0.1, 0.15) is 5.01 Å². The molecule has 0 amide bonds. The van der Waals surface area contributed by atoms with E-state index >= 15 is 0 Å². The molecule has 0 spiro atoms. The minimum atomic E-state index is -4.50. The first-order valence-corrected chi connectivity index (χ1v) is 8.15. The van der Waals surface area contributed by atoms with Gasteiger partial charge in [0, 0.05) is 30.4 Å². The molecule has 0 aromatic carbocycles. The topological polar surface area (TPSA) is 73.2 Å². The number of thiazole rings is 1. The second-order valence-corrected chi connectivity index (χ2v) is 6.19. The fourth-order valence-corrected chi connectivity index (χ4v) is 3.00. The highest BCUT2D eigenvalue weighted by molar-refractivity contribution is 7.17. The molecule has 0 saturated carbocycles. The third-order valence-corrected chi connectivity index (χ3v) is 4.57. The van der Waals surface area contributed by atoms with Crippen molar-refractivity contribution in [1.82, 2.24) is 19.9 Å². The van der Waals surface area contributed by atoms with Gasteiger partial charge in [0.05, 0.1) is 21.8 Å². The summed E-state index contributed by atoms with van der Waals surface area (Å²) in [5.41, 5.74) is 1.20. The average Bonchev–Trinajstić information content (AvgIpc) is 3.02. The van der Waals surface area contributed by atoms with Gasteiger partial charge in [-0.15, -0.1) is 11.3 Å². The summed E-state index contributed by atoms with van der Waals surface area (Å²) in [5.74, 6) is 0. The largest absolute Gasteiger partial charge is 0.419 e. The summed E-state index contributed by atoms with van der Waals surface area (Å²) in [4.78, 5) is 21.4. The molecule has 0 bridgehead atoms. The van der Waals surface area contributed by atoms with Crippen LogP contribution in [0.2, 0.25) is 0 Å². The van der Waals surface area contributed by atoms with Crippen molar-refractivity contribution >= 4 is 17.0 Å². The zero-order valence-electron chi connectivity index (χ0n) is 13.7. The number of aromatic nitrogens is 4. The first kappa shape index (κ1) is 17.9. The highest BCUT2D eigenvalue weighted by Gasteiger charge is 2.31. The Morgan fingerprint density at radius 1 is 1.19 bits per heavy atom. The molecule has 0 radical (unpaired) electrons. The number of aryl methyl sites for hydroxylation is 1. The maximum absolute atomic E-state index is 12.5. The average molecular weight is 379 g/mol. The second kappa shape index (κ2) is 7.16. The number of hydrogen-bond donors (Lipinski definition) is 0. The van der Waals surface area contributed by atoms with Crippen molar-refractivity contribution in [3.63, 3.8) is 0 Å². The van der Waals surface area contributed by atoms with Crippen molar-refractivity contribution in [1.29, 1.82) is 0 Å². The van der Waals surface area contributed by atoms with Crippen LogP contribution >= 0.6 is 11.3 Å². The summed E-state index contributed by atoms with van der Waals surface area (Å²) < 4.78 is 37.4. The first-order chi connectivity index (χ1) is 12.3. The maximum Gasteiger partial charge on any atom is 0.419 e. The van der Waals surface area contributed by atoms with Crippen LogP contribution in [0.4, 0.5) is 13.2 Å². The molecule has 3 aromatic heterocycles. The van der Waals surface area contributed by atoms with Gasteiger partial charge in [0.2, 0.25) is 0 Å². The van der Waals surface area contributed by atoms with Crippen LogP contribution in [0.5, 0.6) is 6.01 Å². The lowest BCUT2D eigenvalue weighted by molar-refractivity contribution is -0.138. The van der Waals surface area contributed by atoms with Gasteiger partial charge in [0.25, 0.3) is 0 Å². The Kier molecular flexibility index (Phi) is 4.94. The zero-order chi connectivity index (χ0) is 18.7. The number of halogens is 3. The van der Waals surface area contributed by atoms with E-state index in [1.807, 2.05) is 19.1 Å². The van der Waals surface area contributed by atoms with Crippen molar-refractivity contribution in [3.8, 4) is 16.6 Å². The van der Waals surface area contributed by atoms with Crippen LogP contribution in [0.25, 0.3) is 10.6 Å². The third-order valence-electron chi connectivity index (χ3n) is 3.25. The number of hydrogen-bond acceptors (Lipinski definition) is 7. The van der Waals surface area contributed by atoms with Crippen molar-refractivity contribution in [2.75, 3.05) is 0 Å². The molecule has 0 aliphatic heterocycles. The Labute approximate surface area is 150 Å². The van der Waals surface area contributed by atoms with Crippen molar-refractivity contribution in [3.05, 3.63) is 53.1 Å². The zero-order valence-corrected chi connectivity index (χ0v) is 14.5. The Balaban J connectivity index is 1.77. The van der Waals surface area contributed by atoms with E-state index in [2.05, 4.69) is 25.1 Å². The Hall–Kier alpha value is -2.88. The highest BCUT2D eigenvalue weighted by Crippen LogP contribution is 2.29. The Morgan fingerprint density at radius 3 is 2.54 bits per heavy atom. The summed E-state index contributed by atoms with van der Waals surface area (Å²) in [5, 5.41) is 4.67. The monoisotopic (exact) mass is 379 g/mol. The van der Waals surface area contributed by atoms with Gasteiger partial charge in [0.15, 0.2) is 0 Å². The van der Waals surface area contributed by atoms with Crippen LogP contribution in [-0.2, 0) is 6.18 Å². The molecule has 10 heteroatoms. The molecule has 3 heterocycles. The first-order valence-electron chi connectivity index (χ1n) is 7.33. The second-order valence-electron chi connectivity index (χ2n) is 5.20. The molecule has 26 heavy (non-hydrogen) atoms.